The van der Waals surface area contributed by atoms with E-state index in [-0.39, 0.29) is 47.2 Å². The summed E-state index contributed by atoms with van der Waals surface area (Å²) in [6, 6.07) is 9.84. The monoisotopic (exact) mass is 425 g/mol. The average molecular weight is 426 g/mol. The molecule has 2 unspecified atom stereocenters. The molecule has 2 atom stereocenters. The number of carbonyl (C=O) groups is 2. The molecule has 0 aliphatic carbocycles. The number of esters is 1. The third-order valence-corrected chi connectivity index (χ3v) is 6.54. The van der Waals surface area contributed by atoms with E-state index in [2.05, 4.69) is 10.2 Å². The van der Waals surface area contributed by atoms with Crippen molar-refractivity contribution in [2.24, 2.45) is 0 Å². The molecule has 1 amide bonds. The van der Waals surface area contributed by atoms with E-state index in [1.165, 1.54) is 0 Å². The second kappa shape index (κ2) is 8.83. The maximum Gasteiger partial charge on any atom is 0.320 e. The molecule has 4 rings (SSSR count). The zero-order valence-electron chi connectivity index (χ0n) is 18.5. The van der Waals surface area contributed by atoms with Gasteiger partial charge in [-0.1, -0.05) is 18.2 Å². The number of pyridine rings is 1. The summed E-state index contributed by atoms with van der Waals surface area (Å²) in [7, 11) is 0. The SMILES string of the molecule is CCOC(=O)CN1C2CCC1CC(NC(=O)c1cc3ccccc3n(C(C)C)c1=O)C2. The van der Waals surface area contributed by atoms with E-state index in [0.29, 0.717) is 13.2 Å². The minimum absolute atomic E-state index is 0.00168. The molecular formula is C24H31N3O4. The molecule has 166 valence electrons. The van der Waals surface area contributed by atoms with Crippen molar-refractivity contribution in [1.29, 1.82) is 0 Å². The number of fused-ring (bicyclic) bond motifs is 3. The number of benzene rings is 1. The summed E-state index contributed by atoms with van der Waals surface area (Å²) in [5, 5.41) is 3.99. The van der Waals surface area contributed by atoms with Crippen molar-refractivity contribution in [2.75, 3.05) is 13.2 Å². The van der Waals surface area contributed by atoms with Crippen LogP contribution in [0.15, 0.2) is 35.1 Å². The van der Waals surface area contributed by atoms with E-state index in [1.54, 1.807) is 10.6 Å². The van der Waals surface area contributed by atoms with Crippen molar-refractivity contribution >= 4 is 22.8 Å². The summed E-state index contributed by atoms with van der Waals surface area (Å²) in [5.41, 5.74) is 0.770. The zero-order valence-corrected chi connectivity index (χ0v) is 18.5. The molecule has 0 spiro atoms. The molecule has 1 N–H and O–H groups in total. The van der Waals surface area contributed by atoms with Gasteiger partial charge in [0, 0.05) is 24.2 Å². The normalized spacial score (nSPS) is 23.3. The lowest BCUT2D eigenvalue weighted by Crippen LogP contribution is -2.52. The number of nitrogens with zero attached hydrogens (tertiary/aromatic N) is 2. The van der Waals surface area contributed by atoms with Crippen molar-refractivity contribution in [3.05, 3.63) is 46.2 Å². The number of hydrogen-bond acceptors (Lipinski definition) is 5. The Morgan fingerprint density at radius 1 is 1.16 bits per heavy atom. The lowest BCUT2D eigenvalue weighted by Gasteiger charge is -2.38. The Balaban J connectivity index is 1.51. The molecule has 2 saturated heterocycles. The Morgan fingerprint density at radius 2 is 1.84 bits per heavy atom. The number of para-hydroxylation sites is 1. The lowest BCUT2D eigenvalue weighted by molar-refractivity contribution is -0.145. The molecule has 7 nitrogen and oxygen atoms in total. The van der Waals surface area contributed by atoms with Crippen LogP contribution in [0.4, 0.5) is 0 Å². The lowest BCUT2D eigenvalue weighted by atomic mass is 9.97. The maximum absolute atomic E-state index is 13.1. The number of hydrogen-bond donors (Lipinski definition) is 1. The second-order valence-corrected chi connectivity index (χ2v) is 8.89. The van der Waals surface area contributed by atoms with Gasteiger partial charge in [0.25, 0.3) is 11.5 Å². The number of aromatic nitrogens is 1. The molecule has 1 aromatic heterocycles. The summed E-state index contributed by atoms with van der Waals surface area (Å²) in [6.07, 6.45) is 3.61. The van der Waals surface area contributed by atoms with Crippen LogP contribution in [0, 0.1) is 0 Å². The van der Waals surface area contributed by atoms with Gasteiger partial charge in [0.05, 0.1) is 18.7 Å². The zero-order chi connectivity index (χ0) is 22.1. The molecule has 2 aromatic rings. The predicted octanol–water partition coefficient (Wildman–Crippen LogP) is 2.87. The van der Waals surface area contributed by atoms with Crippen molar-refractivity contribution < 1.29 is 14.3 Å². The molecule has 2 fully saturated rings. The number of rotatable bonds is 6. The van der Waals surface area contributed by atoms with Crippen LogP contribution in [0.25, 0.3) is 10.9 Å². The van der Waals surface area contributed by atoms with E-state index < -0.39 is 0 Å². The van der Waals surface area contributed by atoms with Gasteiger partial charge in [-0.05, 0) is 64.0 Å². The van der Waals surface area contributed by atoms with Crippen molar-refractivity contribution in [3.8, 4) is 0 Å². The minimum Gasteiger partial charge on any atom is -0.465 e. The highest BCUT2D eigenvalue weighted by atomic mass is 16.5. The molecule has 7 heteroatoms. The van der Waals surface area contributed by atoms with E-state index in [0.717, 1.165) is 36.6 Å². The minimum atomic E-state index is -0.312. The van der Waals surface area contributed by atoms with Gasteiger partial charge in [0.15, 0.2) is 0 Å². The van der Waals surface area contributed by atoms with Gasteiger partial charge in [-0.15, -0.1) is 0 Å². The quantitative estimate of drug-likeness (QED) is 0.720. The fourth-order valence-corrected chi connectivity index (χ4v) is 5.23. The Kier molecular flexibility index (Phi) is 6.14. The highest BCUT2D eigenvalue weighted by Gasteiger charge is 2.42. The number of ether oxygens (including phenoxy) is 1. The number of carbonyl (C=O) groups excluding carboxylic acids is 2. The Labute approximate surface area is 182 Å². The van der Waals surface area contributed by atoms with E-state index >= 15 is 0 Å². The van der Waals surface area contributed by atoms with Crippen LogP contribution in [0.1, 0.15) is 62.9 Å². The smallest absolute Gasteiger partial charge is 0.320 e. The van der Waals surface area contributed by atoms with Crippen molar-refractivity contribution in [1.82, 2.24) is 14.8 Å². The van der Waals surface area contributed by atoms with Gasteiger partial charge in [-0.3, -0.25) is 19.3 Å². The number of piperidine rings is 1. The van der Waals surface area contributed by atoms with E-state index in [4.69, 9.17) is 4.74 Å². The topological polar surface area (TPSA) is 80.6 Å². The first kappa shape index (κ1) is 21.6. The molecule has 1 aromatic carbocycles. The maximum atomic E-state index is 13.1. The number of nitrogens with one attached hydrogen (secondary N) is 1. The molecule has 2 bridgehead atoms. The van der Waals surface area contributed by atoms with Crippen LogP contribution in [-0.4, -0.2) is 52.6 Å². The van der Waals surface area contributed by atoms with Crippen LogP contribution in [0.5, 0.6) is 0 Å². The Hall–Kier alpha value is -2.67. The predicted molar refractivity (Wildman–Crippen MR) is 119 cm³/mol. The van der Waals surface area contributed by atoms with Crippen LogP contribution in [-0.2, 0) is 9.53 Å². The first-order valence-electron chi connectivity index (χ1n) is 11.3. The summed E-state index contributed by atoms with van der Waals surface area (Å²) >= 11 is 0. The summed E-state index contributed by atoms with van der Waals surface area (Å²) < 4.78 is 6.80. The van der Waals surface area contributed by atoms with E-state index in [1.807, 2.05) is 45.0 Å². The highest BCUT2D eigenvalue weighted by Crippen LogP contribution is 2.35. The molecule has 0 radical (unpaired) electrons. The van der Waals surface area contributed by atoms with Gasteiger partial charge in [-0.25, -0.2) is 0 Å². The summed E-state index contributed by atoms with van der Waals surface area (Å²) in [5.74, 6) is -0.499. The van der Waals surface area contributed by atoms with Gasteiger partial charge >= 0.3 is 5.97 Å². The largest absolute Gasteiger partial charge is 0.465 e. The summed E-state index contributed by atoms with van der Waals surface area (Å²) in [6.45, 7) is 6.42. The van der Waals surface area contributed by atoms with Gasteiger partial charge in [0.2, 0.25) is 0 Å². The van der Waals surface area contributed by atoms with Crippen LogP contribution < -0.4 is 10.9 Å². The van der Waals surface area contributed by atoms with Gasteiger partial charge in [0.1, 0.15) is 5.56 Å². The first-order chi connectivity index (χ1) is 14.9. The molecule has 0 saturated carbocycles. The molecule has 2 aliphatic heterocycles. The molecular weight excluding hydrogens is 394 g/mol. The Morgan fingerprint density at radius 3 is 2.48 bits per heavy atom. The van der Waals surface area contributed by atoms with Crippen molar-refractivity contribution in [3.63, 3.8) is 0 Å². The second-order valence-electron chi connectivity index (χ2n) is 8.89. The highest BCUT2D eigenvalue weighted by molar-refractivity contribution is 5.97. The molecule has 31 heavy (non-hydrogen) atoms. The number of amides is 1. The third kappa shape index (κ3) is 4.24. The molecule has 2 aliphatic rings. The van der Waals surface area contributed by atoms with Gasteiger partial charge < -0.3 is 14.6 Å². The fourth-order valence-electron chi connectivity index (χ4n) is 5.23. The standard InChI is InChI=1S/C24H31N3O4/c1-4-31-22(28)14-26-18-9-10-19(26)13-17(12-18)25-23(29)20-11-16-7-5-6-8-21(16)27(15(2)3)24(20)30/h5-8,11,15,17-19H,4,9-10,12-14H2,1-3H3,(H,25,29). The average Bonchev–Trinajstić information content (AvgIpc) is 2.95. The Bertz CT molecular complexity index is 1030. The van der Waals surface area contributed by atoms with Crippen LogP contribution in [0.3, 0.4) is 0 Å². The van der Waals surface area contributed by atoms with Crippen LogP contribution in [0.2, 0.25) is 0 Å². The first-order valence-corrected chi connectivity index (χ1v) is 11.3. The van der Waals surface area contributed by atoms with Gasteiger partial charge in [-0.2, -0.15) is 0 Å². The van der Waals surface area contributed by atoms with Crippen LogP contribution >= 0.6 is 0 Å². The molecule has 3 heterocycles. The summed E-state index contributed by atoms with van der Waals surface area (Å²) in [4.78, 5) is 40.4. The van der Waals surface area contributed by atoms with E-state index in [9.17, 15) is 14.4 Å². The third-order valence-electron chi connectivity index (χ3n) is 6.54. The van der Waals surface area contributed by atoms with Crippen molar-refractivity contribution in [2.45, 2.75) is 70.6 Å². The fraction of sp³-hybridized carbons (Fsp3) is 0.542.